The van der Waals surface area contributed by atoms with Gasteiger partial charge in [0, 0.05) is 10.0 Å². The van der Waals surface area contributed by atoms with Gasteiger partial charge in [-0.3, -0.25) is 4.79 Å². The van der Waals surface area contributed by atoms with Crippen LogP contribution in [0.4, 0.5) is 0 Å². The van der Waals surface area contributed by atoms with Crippen LogP contribution in [0.2, 0.25) is 0 Å². The van der Waals surface area contributed by atoms with Crippen molar-refractivity contribution in [2.24, 2.45) is 0 Å². The standard InChI is InChI=1S/C11H10BrNO2/c1-7-9-3-2-8(12)6-10(9)11(15)13(7)4-5-14/h2-3,5-7H,4H2,1H3. The normalized spacial score (nSPS) is 19.2. The van der Waals surface area contributed by atoms with Gasteiger partial charge in [-0.05, 0) is 24.6 Å². The molecule has 15 heavy (non-hydrogen) atoms. The second kappa shape index (κ2) is 3.77. The van der Waals surface area contributed by atoms with E-state index in [4.69, 9.17) is 0 Å². The molecule has 0 fully saturated rings. The van der Waals surface area contributed by atoms with Crippen LogP contribution in [0.1, 0.15) is 28.9 Å². The first-order valence-corrected chi connectivity index (χ1v) is 5.48. The smallest absolute Gasteiger partial charge is 0.255 e. The summed E-state index contributed by atoms with van der Waals surface area (Å²) >= 11 is 3.33. The van der Waals surface area contributed by atoms with Crippen LogP contribution in [0.5, 0.6) is 0 Å². The van der Waals surface area contributed by atoms with E-state index in [1.165, 1.54) is 0 Å². The van der Waals surface area contributed by atoms with Gasteiger partial charge in [0.15, 0.2) is 0 Å². The molecule has 4 heteroatoms. The zero-order valence-electron chi connectivity index (χ0n) is 8.24. The summed E-state index contributed by atoms with van der Waals surface area (Å²) in [6, 6.07) is 5.63. The van der Waals surface area contributed by atoms with Crippen LogP contribution < -0.4 is 0 Å². The van der Waals surface area contributed by atoms with Crippen molar-refractivity contribution in [2.45, 2.75) is 13.0 Å². The van der Waals surface area contributed by atoms with Crippen molar-refractivity contribution in [2.75, 3.05) is 6.54 Å². The molecule has 3 nitrogen and oxygen atoms in total. The lowest BCUT2D eigenvalue weighted by molar-refractivity contribution is -0.108. The minimum absolute atomic E-state index is 0.00852. The van der Waals surface area contributed by atoms with Crippen LogP contribution in [0.15, 0.2) is 22.7 Å². The lowest BCUT2D eigenvalue weighted by Crippen LogP contribution is -2.28. The lowest BCUT2D eigenvalue weighted by atomic mass is 10.1. The third kappa shape index (κ3) is 1.59. The van der Waals surface area contributed by atoms with Crippen LogP contribution >= 0.6 is 15.9 Å². The van der Waals surface area contributed by atoms with Crippen molar-refractivity contribution in [3.05, 3.63) is 33.8 Å². The molecule has 0 radical (unpaired) electrons. The maximum atomic E-state index is 11.9. The van der Waals surface area contributed by atoms with E-state index < -0.39 is 0 Å². The second-order valence-corrected chi connectivity index (χ2v) is 4.45. The molecule has 0 aliphatic carbocycles. The fourth-order valence-corrected chi connectivity index (χ4v) is 2.26. The number of halogens is 1. The number of nitrogens with zero attached hydrogens (tertiary/aromatic N) is 1. The second-order valence-electron chi connectivity index (χ2n) is 3.53. The minimum Gasteiger partial charge on any atom is -0.325 e. The van der Waals surface area contributed by atoms with Gasteiger partial charge >= 0.3 is 0 Å². The maximum absolute atomic E-state index is 11.9. The van der Waals surface area contributed by atoms with Crippen molar-refractivity contribution in [1.82, 2.24) is 4.90 Å². The minimum atomic E-state index is -0.0640. The summed E-state index contributed by atoms with van der Waals surface area (Å²) in [7, 11) is 0. The molecule has 0 saturated heterocycles. The van der Waals surface area contributed by atoms with Gasteiger partial charge < -0.3 is 9.69 Å². The quantitative estimate of drug-likeness (QED) is 0.771. The third-order valence-electron chi connectivity index (χ3n) is 2.70. The Kier molecular flexibility index (Phi) is 2.61. The number of aldehydes is 1. The predicted molar refractivity (Wildman–Crippen MR) is 59.7 cm³/mol. The summed E-state index contributed by atoms with van der Waals surface area (Å²) in [4.78, 5) is 23.9. The molecule has 0 spiro atoms. The Morgan fingerprint density at radius 1 is 1.53 bits per heavy atom. The molecule has 1 amide bonds. The summed E-state index contributed by atoms with van der Waals surface area (Å²) in [5, 5.41) is 0. The van der Waals surface area contributed by atoms with E-state index in [1.807, 2.05) is 19.1 Å². The molecule has 1 aromatic rings. The molecule has 1 unspecified atom stereocenters. The monoisotopic (exact) mass is 267 g/mol. The Morgan fingerprint density at radius 2 is 2.27 bits per heavy atom. The number of amides is 1. The van der Waals surface area contributed by atoms with Crippen LogP contribution in [0.3, 0.4) is 0 Å². The van der Waals surface area contributed by atoms with Gasteiger partial charge in [-0.15, -0.1) is 0 Å². The number of rotatable bonds is 2. The summed E-state index contributed by atoms with van der Waals surface area (Å²) in [5.74, 6) is -0.0640. The highest BCUT2D eigenvalue weighted by atomic mass is 79.9. The summed E-state index contributed by atoms with van der Waals surface area (Å²) in [6.45, 7) is 2.09. The van der Waals surface area contributed by atoms with Gasteiger partial charge in [-0.25, -0.2) is 0 Å². The number of carbonyl (C=O) groups excluding carboxylic acids is 2. The highest BCUT2D eigenvalue weighted by Crippen LogP contribution is 2.34. The molecule has 1 heterocycles. The van der Waals surface area contributed by atoms with Crippen molar-refractivity contribution >= 4 is 28.1 Å². The fourth-order valence-electron chi connectivity index (χ4n) is 1.90. The Hall–Kier alpha value is -1.16. The van der Waals surface area contributed by atoms with Gasteiger partial charge in [0.05, 0.1) is 12.6 Å². The van der Waals surface area contributed by atoms with Crippen LogP contribution in [0.25, 0.3) is 0 Å². The Morgan fingerprint density at radius 3 is 2.93 bits per heavy atom. The van der Waals surface area contributed by atoms with Gasteiger partial charge in [0.1, 0.15) is 6.29 Å². The summed E-state index contributed by atoms with van der Waals surface area (Å²) in [6.07, 6.45) is 0.759. The Labute approximate surface area is 96.2 Å². The van der Waals surface area contributed by atoms with E-state index in [0.717, 1.165) is 16.3 Å². The molecular weight excluding hydrogens is 258 g/mol. The van der Waals surface area contributed by atoms with Crippen molar-refractivity contribution in [1.29, 1.82) is 0 Å². The van der Waals surface area contributed by atoms with Crippen molar-refractivity contribution < 1.29 is 9.59 Å². The largest absolute Gasteiger partial charge is 0.325 e. The molecule has 1 aliphatic heterocycles. The van der Waals surface area contributed by atoms with Gasteiger partial charge in [0.25, 0.3) is 5.91 Å². The number of hydrogen-bond donors (Lipinski definition) is 0. The van der Waals surface area contributed by atoms with Gasteiger partial charge in [0.2, 0.25) is 0 Å². The topological polar surface area (TPSA) is 37.4 Å². The Bertz CT molecular complexity index is 431. The van der Waals surface area contributed by atoms with E-state index in [2.05, 4.69) is 15.9 Å². The molecule has 0 bridgehead atoms. The zero-order valence-corrected chi connectivity index (χ0v) is 9.82. The molecule has 0 saturated carbocycles. The molecule has 1 atom stereocenters. The molecule has 0 N–H and O–H groups in total. The van der Waals surface area contributed by atoms with Crippen LogP contribution in [0, 0.1) is 0 Å². The predicted octanol–water partition coefficient (Wildman–Crippen LogP) is 2.16. The highest BCUT2D eigenvalue weighted by Gasteiger charge is 2.33. The molecule has 78 valence electrons. The fraction of sp³-hybridized carbons (Fsp3) is 0.273. The van der Waals surface area contributed by atoms with E-state index >= 15 is 0 Å². The molecular formula is C11H10BrNO2. The van der Waals surface area contributed by atoms with Crippen molar-refractivity contribution in [3.63, 3.8) is 0 Å². The molecule has 0 aromatic heterocycles. The average Bonchev–Trinajstić information content (AvgIpc) is 2.44. The maximum Gasteiger partial charge on any atom is 0.255 e. The first kappa shape index (κ1) is 10.4. The summed E-state index contributed by atoms with van der Waals surface area (Å²) in [5.41, 5.74) is 1.68. The first-order chi connectivity index (χ1) is 7.15. The van der Waals surface area contributed by atoms with Gasteiger partial charge in [-0.1, -0.05) is 22.0 Å². The zero-order chi connectivity index (χ0) is 11.0. The van der Waals surface area contributed by atoms with Crippen LogP contribution in [-0.2, 0) is 4.79 Å². The van der Waals surface area contributed by atoms with E-state index in [9.17, 15) is 9.59 Å². The highest BCUT2D eigenvalue weighted by molar-refractivity contribution is 9.10. The summed E-state index contributed by atoms with van der Waals surface area (Å²) < 4.78 is 0.884. The molecule has 1 aromatic carbocycles. The third-order valence-corrected chi connectivity index (χ3v) is 3.19. The molecule has 2 rings (SSSR count). The number of benzene rings is 1. The number of hydrogen-bond acceptors (Lipinski definition) is 2. The Balaban J connectivity index is 2.45. The number of fused-ring (bicyclic) bond motifs is 1. The van der Waals surface area contributed by atoms with E-state index in [0.29, 0.717) is 5.56 Å². The lowest BCUT2D eigenvalue weighted by Gasteiger charge is -2.18. The SMILES string of the molecule is CC1c2ccc(Br)cc2C(=O)N1CC=O. The van der Waals surface area contributed by atoms with E-state index in [-0.39, 0.29) is 18.5 Å². The number of carbonyl (C=O) groups is 2. The molecule has 1 aliphatic rings. The van der Waals surface area contributed by atoms with Crippen LogP contribution in [-0.4, -0.2) is 23.6 Å². The van der Waals surface area contributed by atoms with Crippen molar-refractivity contribution in [3.8, 4) is 0 Å². The average molecular weight is 268 g/mol. The van der Waals surface area contributed by atoms with Gasteiger partial charge in [-0.2, -0.15) is 0 Å². The van der Waals surface area contributed by atoms with E-state index in [1.54, 1.807) is 11.0 Å². The first-order valence-electron chi connectivity index (χ1n) is 4.69.